The van der Waals surface area contributed by atoms with Gasteiger partial charge in [-0.05, 0) is 55.3 Å². The normalized spacial score (nSPS) is 10.2. The largest absolute Gasteiger partial charge is 0.439 e. The van der Waals surface area contributed by atoms with Gasteiger partial charge in [-0.1, -0.05) is 12.1 Å². The third-order valence-electron chi connectivity index (χ3n) is 3.75. The summed E-state index contributed by atoms with van der Waals surface area (Å²) in [7, 11) is 0. The van der Waals surface area contributed by atoms with Gasteiger partial charge in [-0.3, -0.25) is 4.98 Å². The van der Waals surface area contributed by atoms with Crippen molar-refractivity contribution in [2.45, 2.75) is 20.4 Å². The molecule has 132 valence electrons. The van der Waals surface area contributed by atoms with Crippen LogP contribution in [0.2, 0.25) is 0 Å². The van der Waals surface area contributed by atoms with Crippen LogP contribution in [0.25, 0.3) is 0 Å². The highest BCUT2D eigenvalue weighted by Gasteiger charge is 2.05. The average Bonchev–Trinajstić information content (AvgIpc) is 2.64. The molecular weight excluding hydrogens is 328 g/mol. The van der Waals surface area contributed by atoms with Crippen molar-refractivity contribution in [2.24, 2.45) is 0 Å². The maximum Gasteiger partial charge on any atom is 0.319 e. The van der Waals surface area contributed by atoms with Crippen molar-refractivity contribution < 1.29 is 9.53 Å². The molecule has 0 bridgehead atoms. The second kappa shape index (κ2) is 8.11. The van der Waals surface area contributed by atoms with Gasteiger partial charge in [0.25, 0.3) is 0 Å². The van der Waals surface area contributed by atoms with Crippen molar-refractivity contribution in [1.82, 2.24) is 15.3 Å². The Balaban J connectivity index is 1.52. The zero-order valence-electron chi connectivity index (χ0n) is 14.7. The fourth-order valence-electron chi connectivity index (χ4n) is 2.28. The number of nitrogens with one attached hydrogen (secondary N) is 2. The molecule has 2 N–H and O–H groups in total. The Morgan fingerprint density at radius 1 is 1.04 bits per heavy atom. The molecule has 0 radical (unpaired) electrons. The molecule has 0 saturated carbocycles. The van der Waals surface area contributed by atoms with E-state index >= 15 is 0 Å². The first-order chi connectivity index (χ1) is 12.6. The van der Waals surface area contributed by atoms with E-state index in [0.717, 1.165) is 16.8 Å². The summed E-state index contributed by atoms with van der Waals surface area (Å²) in [5.74, 6) is 1.18. The first-order valence-corrected chi connectivity index (χ1v) is 8.26. The summed E-state index contributed by atoms with van der Waals surface area (Å²) < 4.78 is 5.66. The van der Waals surface area contributed by atoms with E-state index in [-0.39, 0.29) is 6.03 Å². The Morgan fingerprint density at radius 3 is 2.54 bits per heavy atom. The molecule has 6 nitrogen and oxygen atoms in total. The lowest BCUT2D eigenvalue weighted by atomic mass is 10.2. The quantitative estimate of drug-likeness (QED) is 0.724. The van der Waals surface area contributed by atoms with E-state index in [4.69, 9.17) is 4.74 Å². The number of aryl methyl sites for hydroxylation is 2. The summed E-state index contributed by atoms with van der Waals surface area (Å²) in [4.78, 5) is 20.5. The predicted octanol–water partition coefficient (Wildman–Crippen LogP) is 4.21. The Kier molecular flexibility index (Phi) is 5.43. The van der Waals surface area contributed by atoms with Crippen LogP contribution in [0, 0.1) is 13.8 Å². The monoisotopic (exact) mass is 348 g/mol. The number of hydrogen-bond donors (Lipinski definition) is 2. The van der Waals surface area contributed by atoms with Crippen LogP contribution in [0.15, 0.2) is 60.9 Å². The van der Waals surface area contributed by atoms with Crippen molar-refractivity contribution >= 4 is 11.7 Å². The lowest BCUT2D eigenvalue weighted by molar-refractivity contribution is 0.251. The van der Waals surface area contributed by atoms with Crippen LogP contribution < -0.4 is 15.4 Å². The Hall–Kier alpha value is -3.41. The third-order valence-corrected chi connectivity index (χ3v) is 3.75. The highest BCUT2D eigenvalue weighted by molar-refractivity contribution is 5.89. The van der Waals surface area contributed by atoms with E-state index in [1.54, 1.807) is 36.7 Å². The van der Waals surface area contributed by atoms with Crippen LogP contribution >= 0.6 is 0 Å². The molecule has 0 saturated heterocycles. The molecule has 26 heavy (non-hydrogen) atoms. The summed E-state index contributed by atoms with van der Waals surface area (Å²) in [5.41, 5.74) is 3.63. The fraction of sp³-hybridized carbons (Fsp3) is 0.150. The molecule has 2 heterocycles. The minimum absolute atomic E-state index is 0.288. The van der Waals surface area contributed by atoms with Crippen molar-refractivity contribution in [1.29, 1.82) is 0 Å². The molecule has 3 aromatic rings. The highest BCUT2D eigenvalue weighted by Crippen LogP contribution is 2.21. The van der Waals surface area contributed by atoms with Gasteiger partial charge in [0.05, 0.1) is 12.2 Å². The number of carbonyl (C=O) groups excluding carboxylic acids is 1. The predicted molar refractivity (Wildman–Crippen MR) is 100 cm³/mol. The maximum absolute atomic E-state index is 12.0. The van der Waals surface area contributed by atoms with Gasteiger partial charge in [-0.25, -0.2) is 9.78 Å². The van der Waals surface area contributed by atoms with E-state index in [9.17, 15) is 4.79 Å². The van der Waals surface area contributed by atoms with Gasteiger partial charge in [0, 0.05) is 24.1 Å². The standard InChI is InChI=1S/C20H20N4O2/c1-14-5-10-19(22-12-14)26-17-8-6-16(7-9-17)24-20(25)23-13-18-15(2)4-3-11-21-18/h3-12H,13H2,1-2H3,(H2,23,24,25). The SMILES string of the molecule is Cc1ccc(Oc2ccc(NC(=O)NCc3ncccc3C)cc2)nc1. The van der Waals surface area contributed by atoms with E-state index in [1.807, 2.05) is 38.1 Å². The molecule has 2 amide bonds. The molecule has 0 aliphatic heterocycles. The van der Waals surface area contributed by atoms with Crippen LogP contribution in [0.3, 0.4) is 0 Å². The van der Waals surface area contributed by atoms with Gasteiger partial charge in [-0.15, -0.1) is 0 Å². The number of pyridine rings is 2. The van der Waals surface area contributed by atoms with Crippen LogP contribution in [0.5, 0.6) is 11.6 Å². The number of amides is 2. The molecule has 2 aromatic heterocycles. The third kappa shape index (κ3) is 4.80. The molecule has 0 spiro atoms. The number of urea groups is 1. The lowest BCUT2D eigenvalue weighted by Gasteiger charge is -2.09. The summed E-state index contributed by atoms with van der Waals surface area (Å²) in [5, 5.41) is 5.58. The summed E-state index contributed by atoms with van der Waals surface area (Å²) in [6.07, 6.45) is 3.46. The minimum atomic E-state index is -0.288. The zero-order chi connectivity index (χ0) is 18.4. The Bertz CT molecular complexity index is 877. The number of carbonyl (C=O) groups is 1. The second-order valence-corrected chi connectivity index (χ2v) is 5.87. The number of benzene rings is 1. The highest BCUT2D eigenvalue weighted by atomic mass is 16.5. The molecule has 0 atom stereocenters. The van der Waals surface area contributed by atoms with Gasteiger partial charge in [-0.2, -0.15) is 0 Å². The van der Waals surface area contributed by atoms with Crippen LogP contribution in [0.1, 0.15) is 16.8 Å². The molecule has 0 aliphatic carbocycles. The second-order valence-electron chi connectivity index (χ2n) is 5.87. The lowest BCUT2D eigenvalue weighted by Crippen LogP contribution is -2.28. The fourth-order valence-corrected chi connectivity index (χ4v) is 2.28. The number of hydrogen-bond acceptors (Lipinski definition) is 4. The van der Waals surface area contributed by atoms with E-state index in [0.29, 0.717) is 23.9 Å². The summed E-state index contributed by atoms with van der Waals surface area (Å²) >= 11 is 0. The van der Waals surface area contributed by atoms with Gasteiger partial charge in [0.2, 0.25) is 5.88 Å². The van der Waals surface area contributed by atoms with Gasteiger partial charge in [0.1, 0.15) is 5.75 Å². The van der Waals surface area contributed by atoms with Crippen molar-refractivity contribution in [2.75, 3.05) is 5.32 Å². The topological polar surface area (TPSA) is 76.1 Å². The van der Waals surface area contributed by atoms with E-state index in [2.05, 4.69) is 20.6 Å². The summed E-state index contributed by atoms with van der Waals surface area (Å²) in [6.45, 7) is 4.31. The maximum atomic E-state index is 12.0. The van der Waals surface area contributed by atoms with Crippen LogP contribution in [0.4, 0.5) is 10.5 Å². The van der Waals surface area contributed by atoms with Crippen molar-refractivity contribution in [3.05, 3.63) is 77.7 Å². The molecule has 3 rings (SSSR count). The van der Waals surface area contributed by atoms with Crippen molar-refractivity contribution in [3.8, 4) is 11.6 Å². The molecule has 0 aliphatic rings. The molecule has 1 aromatic carbocycles. The number of nitrogens with zero attached hydrogens (tertiary/aromatic N) is 2. The smallest absolute Gasteiger partial charge is 0.319 e. The van der Waals surface area contributed by atoms with Crippen LogP contribution in [-0.2, 0) is 6.54 Å². The first kappa shape index (κ1) is 17.4. The number of ether oxygens (including phenoxy) is 1. The summed E-state index contributed by atoms with van der Waals surface area (Å²) in [6, 6.07) is 14.4. The van der Waals surface area contributed by atoms with Crippen molar-refractivity contribution in [3.63, 3.8) is 0 Å². The van der Waals surface area contributed by atoms with Gasteiger partial charge in [0.15, 0.2) is 0 Å². The van der Waals surface area contributed by atoms with E-state index in [1.165, 1.54) is 0 Å². The Morgan fingerprint density at radius 2 is 1.85 bits per heavy atom. The first-order valence-electron chi connectivity index (χ1n) is 8.26. The number of anilines is 1. The molecular formula is C20H20N4O2. The zero-order valence-corrected chi connectivity index (χ0v) is 14.7. The molecule has 0 unspecified atom stereocenters. The minimum Gasteiger partial charge on any atom is -0.439 e. The molecule has 6 heteroatoms. The van der Waals surface area contributed by atoms with E-state index < -0.39 is 0 Å². The van der Waals surface area contributed by atoms with Crippen LogP contribution in [-0.4, -0.2) is 16.0 Å². The number of rotatable bonds is 5. The number of aromatic nitrogens is 2. The van der Waals surface area contributed by atoms with Gasteiger partial charge >= 0.3 is 6.03 Å². The van der Waals surface area contributed by atoms with Gasteiger partial charge < -0.3 is 15.4 Å². The average molecular weight is 348 g/mol. The molecule has 0 fully saturated rings. The Labute approximate surface area is 152 Å².